The van der Waals surface area contributed by atoms with Crippen molar-refractivity contribution in [2.75, 3.05) is 26.3 Å². The molecule has 180 valence electrons. The minimum atomic E-state index is -3.80. The van der Waals surface area contributed by atoms with Crippen molar-refractivity contribution in [1.82, 2.24) is 9.21 Å². The zero-order valence-corrected chi connectivity index (χ0v) is 22.1. The molecule has 0 spiro atoms. The van der Waals surface area contributed by atoms with Crippen LogP contribution < -0.4 is 0 Å². The molecule has 2 aromatic rings. The van der Waals surface area contributed by atoms with Gasteiger partial charge in [-0.3, -0.25) is 4.79 Å². The molecular weight excluding hydrogens is 603 g/mol. The van der Waals surface area contributed by atoms with Crippen molar-refractivity contribution in [3.05, 3.63) is 86.1 Å². The van der Waals surface area contributed by atoms with Crippen LogP contribution >= 0.6 is 34.2 Å². The smallest absolute Gasteiger partial charge is 0.280 e. The van der Waals surface area contributed by atoms with Gasteiger partial charge in [0.05, 0.1) is 28.7 Å². The molecule has 0 saturated carbocycles. The maximum atomic E-state index is 13.3. The predicted molar refractivity (Wildman–Crippen MR) is 143 cm³/mol. The highest BCUT2D eigenvalue weighted by Gasteiger charge is 2.28. The van der Waals surface area contributed by atoms with Crippen LogP contribution in [0.25, 0.3) is 0 Å². The lowest BCUT2D eigenvalue weighted by Gasteiger charge is -2.26. The normalized spacial score (nSPS) is 19.5. The zero-order valence-electron chi connectivity index (χ0n) is 18.4. The number of halogens is 2. The summed E-state index contributed by atoms with van der Waals surface area (Å²) in [6, 6.07) is 11.7. The number of carbonyl (C=O) groups excluding carboxylic acids is 1. The van der Waals surface area contributed by atoms with Crippen molar-refractivity contribution in [2.45, 2.75) is 11.4 Å². The maximum Gasteiger partial charge on any atom is 0.280 e. The number of hydrogen-bond donors (Lipinski definition) is 0. The topological polar surface area (TPSA) is 91.6 Å². The van der Waals surface area contributed by atoms with Gasteiger partial charge >= 0.3 is 0 Å². The number of allylic oxidation sites excluding steroid dienone is 2. The number of amides is 1. The third kappa shape index (κ3) is 4.98. The Morgan fingerprint density at radius 3 is 2.69 bits per heavy atom. The highest BCUT2D eigenvalue weighted by molar-refractivity contribution is 14.1. The first-order valence-electron chi connectivity index (χ1n) is 10.8. The Morgan fingerprint density at radius 1 is 1.11 bits per heavy atom. The van der Waals surface area contributed by atoms with Crippen molar-refractivity contribution in [3.63, 3.8) is 0 Å². The Balaban J connectivity index is 1.55. The molecule has 3 heterocycles. The molecule has 35 heavy (non-hydrogen) atoms. The second kappa shape index (κ2) is 9.94. The van der Waals surface area contributed by atoms with Gasteiger partial charge < -0.3 is 9.64 Å². The van der Waals surface area contributed by atoms with Crippen molar-refractivity contribution in [1.29, 1.82) is 0 Å². The minimum absolute atomic E-state index is 0.000848. The van der Waals surface area contributed by atoms with Gasteiger partial charge in [-0.25, -0.2) is 13.4 Å². The highest BCUT2D eigenvalue weighted by atomic mass is 127. The van der Waals surface area contributed by atoms with E-state index in [1.54, 1.807) is 0 Å². The average Bonchev–Trinajstić information content (AvgIpc) is 3.00. The molecule has 3 aliphatic rings. The Morgan fingerprint density at radius 2 is 1.89 bits per heavy atom. The first kappa shape index (κ1) is 24.3. The van der Waals surface area contributed by atoms with E-state index in [1.807, 2.05) is 47.5 Å². The zero-order chi connectivity index (χ0) is 24.6. The summed E-state index contributed by atoms with van der Waals surface area (Å²) in [6.45, 7) is 1.73. The number of fused-ring (bicyclic) bond motifs is 2. The molecular formula is C24H20ClIN4O4S. The molecule has 0 radical (unpaired) electrons. The second-order valence-electron chi connectivity index (χ2n) is 8.00. The summed E-state index contributed by atoms with van der Waals surface area (Å²) < 4.78 is 33.8. The van der Waals surface area contributed by atoms with E-state index < -0.39 is 15.9 Å². The van der Waals surface area contributed by atoms with Crippen LogP contribution in [0.15, 0.2) is 79.3 Å². The molecule has 5 rings (SSSR count). The van der Waals surface area contributed by atoms with E-state index in [4.69, 9.17) is 16.3 Å². The lowest BCUT2D eigenvalue weighted by molar-refractivity contribution is 0.0730. The molecule has 0 bridgehead atoms. The van der Waals surface area contributed by atoms with Gasteiger partial charge in [-0.15, -0.1) is 0 Å². The summed E-state index contributed by atoms with van der Waals surface area (Å²) in [4.78, 5) is 24.3. The van der Waals surface area contributed by atoms with E-state index in [2.05, 4.69) is 32.6 Å². The van der Waals surface area contributed by atoms with Crippen molar-refractivity contribution in [3.8, 4) is 0 Å². The summed E-state index contributed by atoms with van der Waals surface area (Å²) in [5, 5.41) is 0.117. The van der Waals surface area contributed by atoms with Gasteiger partial charge in [0.1, 0.15) is 5.84 Å². The number of amidine groups is 2. The predicted octanol–water partition coefficient (Wildman–Crippen LogP) is 4.01. The van der Waals surface area contributed by atoms with Gasteiger partial charge in [-0.1, -0.05) is 35.9 Å². The quantitative estimate of drug-likeness (QED) is 0.483. The van der Waals surface area contributed by atoms with Crippen LogP contribution in [0.3, 0.4) is 0 Å². The van der Waals surface area contributed by atoms with Crippen LogP contribution in [0.5, 0.6) is 0 Å². The Hall–Kier alpha value is -2.38. The number of aliphatic imine (C=N–C) groups is 2. The van der Waals surface area contributed by atoms with Gasteiger partial charge in [-0.05, 0) is 58.5 Å². The maximum absolute atomic E-state index is 13.3. The van der Waals surface area contributed by atoms with Crippen LogP contribution in [0.1, 0.15) is 21.5 Å². The molecule has 0 aromatic heterocycles. The number of nitrogens with zero attached hydrogens (tertiary/aromatic N) is 4. The molecule has 1 fully saturated rings. The fourth-order valence-corrected chi connectivity index (χ4v) is 6.12. The van der Waals surface area contributed by atoms with Crippen LogP contribution in [-0.4, -0.2) is 61.5 Å². The molecule has 2 aromatic carbocycles. The van der Waals surface area contributed by atoms with Gasteiger partial charge in [-0.2, -0.15) is 9.30 Å². The molecule has 8 nitrogen and oxygen atoms in total. The number of hydrogen-bond acceptors (Lipinski definition) is 5. The molecule has 0 N–H and O–H groups in total. The highest BCUT2D eigenvalue weighted by Crippen LogP contribution is 2.27. The monoisotopic (exact) mass is 622 g/mol. The van der Waals surface area contributed by atoms with Crippen molar-refractivity contribution < 1.29 is 17.9 Å². The third-order valence-electron chi connectivity index (χ3n) is 5.77. The van der Waals surface area contributed by atoms with Crippen LogP contribution in [-0.2, 0) is 21.3 Å². The van der Waals surface area contributed by atoms with E-state index in [1.165, 1.54) is 22.5 Å². The van der Waals surface area contributed by atoms with Crippen LogP contribution in [0.4, 0.5) is 0 Å². The van der Waals surface area contributed by atoms with E-state index in [0.717, 1.165) is 14.7 Å². The Kier molecular flexibility index (Phi) is 6.91. The molecule has 3 aliphatic heterocycles. The van der Waals surface area contributed by atoms with Crippen LogP contribution in [0, 0.1) is 0 Å². The third-order valence-corrected chi connectivity index (χ3v) is 8.63. The summed E-state index contributed by atoms with van der Waals surface area (Å²) >= 11 is 8.56. The van der Waals surface area contributed by atoms with E-state index in [9.17, 15) is 13.2 Å². The Labute approximate surface area is 221 Å². The van der Waals surface area contributed by atoms with E-state index in [-0.39, 0.29) is 34.4 Å². The molecule has 0 unspecified atom stereocenters. The molecule has 0 aliphatic carbocycles. The van der Waals surface area contributed by atoms with Gasteiger partial charge in [0, 0.05) is 35.0 Å². The summed E-state index contributed by atoms with van der Waals surface area (Å²) in [5.41, 5.74) is 1.69. The first-order valence-corrected chi connectivity index (χ1v) is 13.7. The lowest BCUT2D eigenvalue weighted by Crippen LogP contribution is -2.40. The first-order chi connectivity index (χ1) is 16.8. The fraction of sp³-hybridized carbons (Fsp3) is 0.208. The molecule has 11 heteroatoms. The average molecular weight is 623 g/mol. The number of morpholine rings is 1. The largest absolute Gasteiger partial charge is 0.379 e. The summed E-state index contributed by atoms with van der Waals surface area (Å²) in [7, 11) is -3.80. The SMILES string of the molecule is O=C(N=C1N=C2C=CC(I)=CN2Cc2ccccc21)c1cc(S(=O)(=O)N2CCOCC2)ccc1Cl. The van der Waals surface area contributed by atoms with Crippen molar-refractivity contribution >= 4 is 61.8 Å². The number of ether oxygens (including phenoxy) is 1. The van der Waals surface area contributed by atoms with Gasteiger partial charge in [0.15, 0.2) is 5.84 Å². The second-order valence-corrected chi connectivity index (χ2v) is 11.6. The summed E-state index contributed by atoms with van der Waals surface area (Å²) in [5.74, 6) is 0.236. The number of carbonyl (C=O) groups is 1. The number of rotatable bonds is 3. The fourth-order valence-electron chi connectivity index (χ4n) is 3.97. The van der Waals surface area contributed by atoms with E-state index in [0.29, 0.717) is 25.6 Å². The molecule has 1 saturated heterocycles. The Bertz CT molecular complexity index is 1430. The summed E-state index contributed by atoms with van der Waals surface area (Å²) in [6.07, 6.45) is 5.79. The van der Waals surface area contributed by atoms with Gasteiger partial charge in [0.2, 0.25) is 10.0 Å². The molecule has 0 atom stereocenters. The number of benzene rings is 2. The lowest BCUT2D eigenvalue weighted by atomic mass is 10.1. The molecule has 1 amide bonds. The van der Waals surface area contributed by atoms with Crippen molar-refractivity contribution in [2.24, 2.45) is 9.98 Å². The minimum Gasteiger partial charge on any atom is -0.379 e. The van der Waals surface area contributed by atoms with E-state index >= 15 is 0 Å². The van der Waals surface area contributed by atoms with Gasteiger partial charge in [0.25, 0.3) is 5.91 Å². The standard InChI is InChI=1S/C24H20ClIN4O4S/c25-21-7-6-18(35(32,33)30-9-11-34-12-10-30)13-20(21)24(31)28-23-19-4-2-1-3-16(19)14-29-15-17(26)5-8-22(29)27-23/h1-8,13,15H,9-12,14H2. The number of sulfonamides is 1. The van der Waals surface area contributed by atoms with Crippen LogP contribution in [0.2, 0.25) is 5.02 Å².